The molecule has 1 heterocycles. The highest BCUT2D eigenvalue weighted by molar-refractivity contribution is 7.91. The van der Waals surface area contributed by atoms with Gasteiger partial charge in [-0.15, -0.1) is 0 Å². The van der Waals surface area contributed by atoms with Gasteiger partial charge in [0.25, 0.3) is 0 Å². The quantitative estimate of drug-likeness (QED) is 0.897. The largest absolute Gasteiger partial charge is 0.508 e. The number of benzene rings is 1. The molecule has 18 heavy (non-hydrogen) atoms. The van der Waals surface area contributed by atoms with Gasteiger partial charge in [-0.25, -0.2) is 12.8 Å². The van der Waals surface area contributed by atoms with Gasteiger partial charge in [0.15, 0.2) is 9.84 Å². The summed E-state index contributed by atoms with van der Waals surface area (Å²) in [7, 11) is -1.10. The monoisotopic (exact) mass is 273 g/mol. The van der Waals surface area contributed by atoms with Gasteiger partial charge in [0, 0.05) is 18.7 Å². The van der Waals surface area contributed by atoms with Crippen LogP contribution in [0, 0.1) is 5.82 Å². The number of phenols is 1. The average molecular weight is 273 g/mol. The van der Waals surface area contributed by atoms with Crippen molar-refractivity contribution in [2.24, 2.45) is 0 Å². The predicted octanol–water partition coefficient (Wildman–Crippen LogP) is 1.15. The molecule has 0 amide bonds. The van der Waals surface area contributed by atoms with Crippen molar-refractivity contribution in [3.63, 3.8) is 0 Å². The Kier molecular flexibility index (Phi) is 3.59. The number of rotatable bonds is 3. The van der Waals surface area contributed by atoms with Crippen LogP contribution in [0.1, 0.15) is 12.0 Å². The Morgan fingerprint density at radius 1 is 1.44 bits per heavy atom. The molecule has 0 radical (unpaired) electrons. The summed E-state index contributed by atoms with van der Waals surface area (Å²) in [6, 6.07) is 3.85. The lowest BCUT2D eigenvalue weighted by molar-refractivity contribution is 0.253. The molecule has 1 aliphatic rings. The minimum absolute atomic E-state index is 0.0274. The highest BCUT2D eigenvalue weighted by Gasteiger charge is 2.30. The van der Waals surface area contributed by atoms with Crippen molar-refractivity contribution in [3.05, 3.63) is 29.6 Å². The van der Waals surface area contributed by atoms with Gasteiger partial charge < -0.3 is 5.11 Å². The van der Waals surface area contributed by atoms with E-state index in [9.17, 15) is 17.9 Å². The predicted molar refractivity (Wildman–Crippen MR) is 66.6 cm³/mol. The van der Waals surface area contributed by atoms with E-state index in [0.717, 1.165) is 6.07 Å². The highest BCUT2D eigenvalue weighted by atomic mass is 32.2. The van der Waals surface area contributed by atoms with Gasteiger partial charge in [-0.2, -0.15) is 0 Å². The summed E-state index contributed by atoms with van der Waals surface area (Å²) >= 11 is 0. The van der Waals surface area contributed by atoms with Crippen LogP contribution in [0.2, 0.25) is 0 Å². The Hall–Kier alpha value is -1.14. The van der Waals surface area contributed by atoms with Crippen molar-refractivity contribution in [1.82, 2.24) is 4.90 Å². The highest BCUT2D eigenvalue weighted by Crippen LogP contribution is 2.20. The lowest BCUT2D eigenvalue weighted by atomic mass is 10.1. The number of hydrogen-bond donors (Lipinski definition) is 1. The van der Waals surface area contributed by atoms with Crippen LogP contribution in [0.3, 0.4) is 0 Å². The molecule has 0 aromatic heterocycles. The molecule has 0 bridgehead atoms. The van der Waals surface area contributed by atoms with Crippen LogP contribution in [-0.2, 0) is 16.4 Å². The molecule has 1 unspecified atom stereocenters. The summed E-state index contributed by atoms with van der Waals surface area (Å²) in [4.78, 5) is 1.89. The lowest BCUT2D eigenvalue weighted by Crippen LogP contribution is -2.32. The fourth-order valence-electron chi connectivity index (χ4n) is 2.26. The van der Waals surface area contributed by atoms with Crippen molar-refractivity contribution in [3.8, 4) is 5.75 Å². The maximum absolute atomic E-state index is 13.1. The first kappa shape index (κ1) is 13.3. The van der Waals surface area contributed by atoms with Gasteiger partial charge in [-0.1, -0.05) is 0 Å². The average Bonchev–Trinajstić information content (AvgIpc) is 2.57. The van der Waals surface area contributed by atoms with E-state index < -0.39 is 15.7 Å². The van der Waals surface area contributed by atoms with Crippen molar-refractivity contribution < 1.29 is 17.9 Å². The maximum Gasteiger partial charge on any atom is 0.151 e. The molecule has 100 valence electrons. The van der Waals surface area contributed by atoms with Crippen LogP contribution in [0.25, 0.3) is 0 Å². The fourth-order valence-corrected chi connectivity index (χ4v) is 4.07. The third kappa shape index (κ3) is 3.20. The van der Waals surface area contributed by atoms with Gasteiger partial charge in [0.1, 0.15) is 11.6 Å². The van der Waals surface area contributed by atoms with Gasteiger partial charge >= 0.3 is 0 Å². The van der Waals surface area contributed by atoms with Gasteiger partial charge in [-0.3, -0.25) is 4.90 Å². The number of nitrogens with zero attached hydrogens (tertiary/aromatic N) is 1. The van der Waals surface area contributed by atoms with Gasteiger partial charge in [0.2, 0.25) is 0 Å². The number of aromatic hydroxyl groups is 1. The number of phenolic OH excluding ortho intramolecular Hbond substituents is 1. The molecule has 1 fully saturated rings. The van der Waals surface area contributed by atoms with E-state index in [-0.39, 0.29) is 23.3 Å². The van der Waals surface area contributed by atoms with Crippen molar-refractivity contribution in [1.29, 1.82) is 0 Å². The molecule has 0 aliphatic carbocycles. The molecule has 6 heteroatoms. The smallest absolute Gasteiger partial charge is 0.151 e. The molecule has 1 saturated heterocycles. The minimum Gasteiger partial charge on any atom is -0.508 e. The van der Waals surface area contributed by atoms with E-state index in [1.165, 1.54) is 12.1 Å². The Labute approximate surface area is 106 Å². The second-order valence-electron chi connectivity index (χ2n) is 4.79. The van der Waals surface area contributed by atoms with Crippen LogP contribution in [0.15, 0.2) is 18.2 Å². The van der Waals surface area contributed by atoms with E-state index in [1.807, 2.05) is 11.9 Å². The summed E-state index contributed by atoms with van der Waals surface area (Å²) in [6.07, 6.45) is 0.611. The zero-order chi connectivity index (χ0) is 13.3. The van der Waals surface area contributed by atoms with E-state index in [0.29, 0.717) is 18.5 Å². The third-order valence-corrected chi connectivity index (χ3v) is 4.96. The standard InChI is InChI=1S/C12H16FNO3S/c1-14(11-2-3-18(16,17)8-11)7-9-4-10(13)6-12(15)5-9/h4-6,11,15H,2-3,7-8H2,1H3. The van der Waals surface area contributed by atoms with Crippen LogP contribution in [-0.4, -0.2) is 43.0 Å². The molecular weight excluding hydrogens is 257 g/mol. The molecule has 1 aromatic rings. The Bertz CT molecular complexity index is 524. The topological polar surface area (TPSA) is 57.6 Å². The van der Waals surface area contributed by atoms with Crippen LogP contribution in [0.5, 0.6) is 5.75 Å². The van der Waals surface area contributed by atoms with Gasteiger partial charge in [-0.05, 0) is 31.2 Å². The summed E-state index contributed by atoms with van der Waals surface area (Å²) in [6.45, 7) is 0.422. The van der Waals surface area contributed by atoms with Crippen LogP contribution >= 0.6 is 0 Å². The second kappa shape index (κ2) is 4.85. The second-order valence-corrected chi connectivity index (χ2v) is 7.02. The molecule has 0 saturated carbocycles. The number of halogens is 1. The van der Waals surface area contributed by atoms with Crippen LogP contribution in [0.4, 0.5) is 4.39 Å². The zero-order valence-corrected chi connectivity index (χ0v) is 11.0. The van der Waals surface area contributed by atoms with Gasteiger partial charge in [0.05, 0.1) is 11.5 Å². The number of hydrogen-bond acceptors (Lipinski definition) is 4. The Balaban J connectivity index is 2.05. The molecule has 1 aromatic carbocycles. The summed E-state index contributed by atoms with van der Waals surface area (Å²) in [5.41, 5.74) is 0.638. The van der Waals surface area contributed by atoms with Crippen molar-refractivity contribution >= 4 is 9.84 Å². The van der Waals surface area contributed by atoms with Crippen molar-refractivity contribution in [2.75, 3.05) is 18.6 Å². The van der Waals surface area contributed by atoms with E-state index in [1.54, 1.807) is 0 Å². The first-order valence-electron chi connectivity index (χ1n) is 5.75. The molecule has 1 N–H and O–H groups in total. The Morgan fingerprint density at radius 3 is 2.72 bits per heavy atom. The molecular formula is C12H16FNO3S. The first-order chi connectivity index (χ1) is 8.35. The Morgan fingerprint density at radius 2 is 2.17 bits per heavy atom. The normalized spacial score (nSPS) is 22.5. The van der Waals surface area contributed by atoms with Crippen LogP contribution < -0.4 is 0 Å². The lowest BCUT2D eigenvalue weighted by Gasteiger charge is -2.23. The van der Waals surface area contributed by atoms with Crippen molar-refractivity contribution in [2.45, 2.75) is 19.0 Å². The van der Waals surface area contributed by atoms with E-state index in [2.05, 4.69) is 0 Å². The molecule has 1 atom stereocenters. The minimum atomic E-state index is -2.91. The third-order valence-electron chi connectivity index (χ3n) is 3.21. The molecule has 1 aliphatic heterocycles. The summed E-state index contributed by atoms with van der Waals surface area (Å²) < 4.78 is 35.9. The van der Waals surface area contributed by atoms with E-state index >= 15 is 0 Å². The van der Waals surface area contributed by atoms with E-state index in [4.69, 9.17) is 0 Å². The first-order valence-corrected chi connectivity index (χ1v) is 7.57. The molecule has 2 rings (SSSR count). The molecule has 0 spiro atoms. The maximum atomic E-state index is 13.1. The molecule has 4 nitrogen and oxygen atoms in total. The SMILES string of the molecule is CN(Cc1cc(O)cc(F)c1)C1CCS(=O)(=O)C1. The summed E-state index contributed by atoms with van der Waals surface area (Å²) in [5, 5.41) is 9.30. The fraction of sp³-hybridized carbons (Fsp3) is 0.500. The summed E-state index contributed by atoms with van der Waals surface area (Å²) in [5.74, 6) is -0.226. The number of sulfone groups is 1. The zero-order valence-electron chi connectivity index (χ0n) is 10.1.